The summed E-state index contributed by atoms with van der Waals surface area (Å²) in [5, 5.41) is 0. The molecule has 2 heterocycles. The van der Waals surface area contributed by atoms with E-state index in [0.29, 0.717) is 6.10 Å². The molecule has 0 bridgehead atoms. The maximum atomic E-state index is 5.37. The SMILES string of the molecule is CCC1CN(C)C1.CCOC1CN(CC)C1. The van der Waals surface area contributed by atoms with E-state index in [1.54, 1.807) is 0 Å². The Labute approximate surface area is 101 Å². The molecule has 0 spiro atoms. The number of hydrogen-bond donors (Lipinski definition) is 0. The molecule has 0 saturated carbocycles. The highest BCUT2D eigenvalue weighted by Crippen LogP contribution is 2.14. The lowest BCUT2D eigenvalue weighted by molar-refractivity contribution is -0.0470. The van der Waals surface area contributed by atoms with E-state index in [9.17, 15) is 0 Å². The highest BCUT2D eigenvalue weighted by Gasteiger charge is 2.24. The first kappa shape index (κ1) is 13.9. The van der Waals surface area contributed by atoms with Gasteiger partial charge in [-0.15, -0.1) is 0 Å². The van der Waals surface area contributed by atoms with Crippen LogP contribution < -0.4 is 0 Å². The van der Waals surface area contributed by atoms with E-state index in [-0.39, 0.29) is 0 Å². The molecule has 2 aliphatic heterocycles. The summed E-state index contributed by atoms with van der Waals surface area (Å²) < 4.78 is 5.37. The van der Waals surface area contributed by atoms with Gasteiger partial charge in [0.15, 0.2) is 0 Å². The van der Waals surface area contributed by atoms with Crippen molar-refractivity contribution >= 4 is 0 Å². The second kappa shape index (κ2) is 7.25. The third-order valence-electron chi connectivity index (χ3n) is 3.49. The van der Waals surface area contributed by atoms with Crippen LogP contribution in [0.15, 0.2) is 0 Å². The molecular formula is C13H28N2O. The van der Waals surface area contributed by atoms with Crippen molar-refractivity contribution in [3.05, 3.63) is 0 Å². The van der Waals surface area contributed by atoms with Crippen LogP contribution in [0.3, 0.4) is 0 Å². The fourth-order valence-corrected chi connectivity index (χ4v) is 2.21. The van der Waals surface area contributed by atoms with Gasteiger partial charge in [-0.3, -0.25) is 4.90 Å². The molecule has 0 unspecified atom stereocenters. The average molecular weight is 228 g/mol. The minimum Gasteiger partial charge on any atom is -0.376 e. The summed E-state index contributed by atoms with van der Waals surface area (Å²) in [6, 6.07) is 0. The van der Waals surface area contributed by atoms with E-state index < -0.39 is 0 Å². The number of ether oxygens (including phenoxy) is 1. The van der Waals surface area contributed by atoms with Crippen LogP contribution in [0.25, 0.3) is 0 Å². The van der Waals surface area contributed by atoms with Crippen molar-refractivity contribution < 1.29 is 4.74 Å². The monoisotopic (exact) mass is 228 g/mol. The molecule has 0 aromatic carbocycles. The van der Waals surface area contributed by atoms with Gasteiger partial charge < -0.3 is 9.64 Å². The third-order valence-corrected chi connectivity index (χ3v) is 3.49. The normalized spacial score (nSPS) is 23.2. The van der Waals surface area contributed by atoms with E-state index in [1.807, 2.05) is 0 Å². The summed E-state index contributed by atoms with van der Waals surface area (Å²) in [4.78, 5) is 4.73. The highest BCUT2D eigenvalue weighted by atomic mass is 16.5. The highest BCUT2D eigenvalue weighted by molar-refractivity contribution is 4.78. The topological polar surface area (TPSA) is 15.7 Å². The second-order valence-corrected chi connectivity index (χ2v) is 4.93. The summed E-state index contributed by atoms with van der Waals surface area (Å²) >= 11 is 0. The first-order valence-corrected chi connectivity index (χ1v) is 6.72. The summed E-state index contributed by atoms with van der Waals surface area (Å²) in [6.45, 7) is 13.5. The van der Waals surface area contributed by atoms with Gasteiger partial charge in [-0.25, -0.2) is 0 Å². The molecule has 96 valence electrons. The number of nitrogens with zero attached hydrogens (tertiary/aromatic N) is 2. The molecule has 0 N–H and O–H groups in total. The quantitative estimate of drug-likeness (QED) is 0.728. The molecule has 0 aromatic rings. The van der Waals surface area contributed by atoms with E-state index in [0.717, 1.165) is 25.6 Å². The Balaban J connectivity index is 0.000000165. The predicted molar refractivity (Wildman–Crippen MR) is 68.8 cm³/mol. The molecule has 0 amide bonds. The van der Waals surface area contributed by atoms with Gasteiger partial charge >= 0.3 is 0 Å². The van der Waals surface area contributed by atoms with Crippen LogP contribution in [0.1, 0.15) is 27.2 Å². The van der Waals surface area contributed by atoms with Crippen molar-refractivity contribution in [2.24, 2.45) is 5.92 Å². The summed E-state index contributed by atoms with van der Waals surface area (Å²) in [5.74, 6) is 1.02. The van der Waals surface area contributed by atoms with Crippen molar-refractivity contribution in [3.63, 3.8) is 0 Å². The van der Waals surface area contributed by atoms with Crippen molar-refractivity contribution in [1.29, 1.82) is 0 Å². The standard InChI is InChI=1S/C7H15NO.C6H13N/c1-3-8-5-7(6-8)9-4-2;1-3-6-4-7(2)5-6/h7H,3-6H2,1-2H3;6H,3-5H2,1-2H3. The maximum absolute atomic E-state index is 5.37. The summed E-state index contributed by atoms with van der Waals surface area (Å²) in [6.07, 6.45) is 1.90. The molecule has 0 radical (unpaired) electrons. The van der Waals surface area contributed by atoms with Crippen LogP contribution in [-0.2, 0) is 4.74 Å². The minimum atomic E-state index is 0.537. The lowest BCUT2D eigenvalue weighted by Crippen LogP contribution is -2.51. The average Bonchev–Trinajstić information content (AvgIpc) is 2.19. The van der Waals surface area contributed by atoms with Gasteiger partial charge in [0, 0.05) is 32.8 Å². The molecule has 2 rings (SSSR count). The fourth-order valence-electron chi connectivity index (χ4n) is 2.21. The van der Waals surface area contributed by atoms with Gasteiger partial charge in [0.2, 0.25) is 0 Å². The first-order chi connectivity index (χ1) is 7.69. The predicted octanol–water partition coefficient (Wildman–Crippen LogP) is 1.69. The van der Waals surface area contributed by atoms with Crippen molar-refractivity contribution in [3.8, 4) is 0 Å². The van der Waals surface area contributed by atoms with Crippen LogP contribution in [0.5, 0.6) is 0 Å². The van der Waals surface area contributed by atoms with Crippen LogP contribution in [-0.4, -0.2) is 62.3 Å². The molecule has 16 heavy (non-hydrogen) atoms. The van der Waals surface area contributed by atoms with E-state index in [4.69, 9.17) is 4.74 Å². The van der Waals surface area contributed by atoms with Gasteiger partial charge in [-0.2, -0.15) is 0 Å². The lowest BCUT2D eigenvalue weighted by atomic mass is 9.99. The van der Waals surface area contributed by atoms with Gasteiger partial charge in [0.05, 0.1) is 6.10 Å². The molecule has 3 heteroatoms. The Hall–Kier alpha value is -0.120. The van der Waals surface area contributed by atoms with Crippen LogP contribution in [0.4, 0.5) is 0 Å². The van der Waals surface area contributed by atoms with Gasteiger partial charge in [0.1, 0.15) is 0 Å². The first-order valence-electron chi connectivity index (χ1n) is 6.72. The van der Waals surface area contributed by atoms with Crippen LogP contribution in [0.2, 0.25) is 0 Å². The zero-order valence-corrected chi connectivity index (χ0v) is 11.4. The smallest absolute Gasteiger partial charge is 0.0828 e. The molecule has 2 fully saturated rings. The van der Waals surface area contributed by atoms with Gasteiger partial charge in [-0.1, -0.05) is 20.3 Å². The molecule has 0 aliphatic carbocycles. The zero-order valence-electron chi connectivity index (χ0n) is 11.4. The zero-order chi connectivity index (χ0) is 12.0. The van der Waals surface area contributed by atoms with Gasteiger partial charge in [0.25, 0.3) is 0 Å². The summed E-state index contributed by atoms with van der Waals surface area (Å²) in [5.41, 5.74) is 0. The Bertz CT molecular complexity index is 175. The molecule has 0 atom stereocenters. The summed E-state index contributed by atoms with van der Waals surface area (Å²) in [7, 11) is 2.17. The lowest BCUT2D eigenvalue weighted by Gasteiger charge is -2.37. The minimum absolute atomic E-state index is 0.537. The van der Waals surface area contributed by atoms with Crippen LogP contribution >= 0.6 is 0 Å². The van der Waals surface area contributed by atoms with Crippen molar-refractivity contribution in [2.45, 2.75) is 33.3 Å². The van der Waals surface area contributed by atoms with Crippen LogP contribution in [0, 0.1) is 5.92 Å². The second-order valence-electron chi connectivity index (χ2n) is 4.93. The number of hydrogen-bond acceptors (Lipinski definition) is 3. The molecule has 0 aromatic heterocycles. The molecule has 2 saturated heterocycles. The maximum Gasteiger partial charge on any atom is 0.0828 e. The van der Waals surface area contributed by atoms with E-state index in [2.05, 4.69) is 37.6 Å². The number of likely N-dealkylation sites (tertiary alicyclic amines) is 2. The van der Waals surface area contributed by atoms with Gasteiger partial charge in [-0.05, 0) is 26.4 Å². The molecule has 3 nitrogen and oxygen atoms in total. The Morgan fingerprint density at radius 3 is 2.00 bits per heavy atom. The fraction of sp³-hybridized carbons (Fsp3) is 1.00. The number of rotatable bonds is 4. The van der Waals surface area contributed by atoms with Crippen molar-refractivity contribution in [1.82, 2.24) is 9.80 Å². The van der Waals surface area contributed by atoms with Crippen molar-refractivity contribution in [2.75, 3.05) is 46.4 Å². The number of likely N-dealkylation sites (N-methyl/N-ethyl adjacent to an activating group) is 1. The Kier molecular flexibility index (Phi) is 6.32. The Morgan fingerprint density at radius 1 is 1.06 bits per heavy atom. The van der Waals surface area contributed by atoms with E-state index in [1.165, 1.54) is 26.1 Å². The molecular weight excluding hydrogens is 200 g/mol. The third kappa shape index (κ3) is 4.40. The largest absolute Gasteiger partial charge is 0.376 e. The molecule has 2 aliphatic rings. The Morgan fingerprint density at radius 2 is 1.69 bits per heavy atom. The van der Waals surface area contributed by atoms with E-state index >= 15 is 0 Å².